The number of rotatable bonds is 3. The van der Waals surface area contributed by atoms with Gasteiger partial charge in [0.15, 0.2) is 6.29 Å². The third-order valence-electron chi connectivity index (χ3n) is 3.42. The summed E-state index contributed by atoms with van der Waals surface area (Å²) < 4.78 is 18.2. The van der Waals surface area contributed by atoms with E-state index in [-0.39, 0.29) is 18.5 Å². The average molecular weight is 290 g/mol. The molecule has 0 saturated carbocycles. The van der Waals surface area contributed by atoms with E-state index in [0.717, 1.165) is 24.2 Å². The third kappa shape index (κ3) is 3.31. The first kappa shape index (κ1) is 13.9. The lowest BCUT2D eigenvalue weighted by atomic mass is 9.98. The van der Waals surface area contributed by atoms with Gasteiger partial charge in [-0.3, -0.25) is 0 Å². The maximum atomic E-state index is 6.10. The Morgan fingerprint density at radius 1 is 1.10 bits per heavy atom. The highest BCUT2D eigenvalue weighted by molar-refractivity contribution is 6.70. The van der Waals surface area contributed by atoms with Crippen molar-refractivity contribution in [2.24, 2.45) is 0 Å². The Bertz CT molecular complexity index is 492. The molecule has 3 nitrogen and oxygen atoms in total. The molecule has 0 N–H and O–H groups in total. The molecular formula is C16H22O3Si. The second kappa shape index (κ2) is 5.35. The molecule has 1 aromatic carbocycles. The van der Waals surface area contributed by atoms with Crippen molar-refractivity contribution in [2.75, 3.05) is 0 Å². The van der Waals surface area contributed by atoms with E-state index in [4.69, 9.17) is 13.9 Å². The van der Waals surface area contributed by atoms with Crippen LogP contribution >= 0.6 is 0 Å². The Morgan fingerprint density at radius 2 is 1.85 bits per heavy atom. The average Bonchev–Trinajstić information content (AvgIpc) is 2.36. The van der Waals surface area contributed by atoms with Crippen LogP contribution in [0.15, 0.2) is 42.2 Å². The molecule has 0 aromatic heterocycles. The van der Waals surface area contributed by atoms with Gasteiger partial charge in [-0.15, -0.1) is 0 Å². The summed E-state index contributed by atoms with van der Waals surface area (Å²) in [6, 6.07) is 10.1. The highest BCUT2D eigenvalue weighted by Crippen LogP contribution is 2.37. The summed E-state index contributed by atoms with van der Waals surface area (Å²) in [5, 5.41) is 0. The topological polar surface area (TPSA) is 27.7 Å². The fourth-order valence-corrected chi connectivity index (χ4v) is 3.65. The molecule has 0 amide bonds. The first-order valence-corrected chi connectivity index (χ1v) is 10.7. The van der Waals surface area contributed by atoms with Crippen molar-refractivity contribution in [2.45, 2.75) is 51.0 Å². The first-order chi connectivity index (χ1) is 9.49. The van der Waals surface area contributed by atoms with Gasteiger partial charge in [-0.1, -0.05) is 30.3 Å². The summed E-state index contributed by atoms with van der Waals surface area (Å²) in [6.45, 7) is 6.60. The van der Waals surface area contributed by atoms with Gasteiger partial charge in [0, 0.05) is 18.4 Å². The van der Waals surface area contributed by atoms with Gasteiger partial charge in [0.25, 0.3) is 0 Å². The summed E-state index contributed by atoms with van der Waals surface area (Å²) in [5.41, 5.74) is 1.09. The molecule has 1 aliphatic heterocycles. The van der Waals surface area contributed by atoms with Crippen molar-refractivity contribution in [1.82, 2.24) is 0 Å². The standard InChI is InChI=1S/C16H22O3Si/c1-20(2,3)19-15-10-13-9-14(11-15)18-16(17-13)12-7-5-4-6-8-12/h4-8,10,13-14,16H,9,11H2,1-3H3/t13-,14+,16?/m1/s1. The number of hydrogen-bond acceptors (Lipinski definition) is 3. The van der Waals surface area contributed by atoms with E-state index in [1.54, 1.807) is 0 Å². The molecule has 108 valence electrons. The minimum Gasteiger partial charge on any atom is -0.547 e. The second-order valence-electron chi connectivity index (χ2n) is 6.46. The fourth-order valence-electron chi connectivity index (χ4n) is 2.71. The monoisotopic (exact) mass is 290 g/mol. The van der Waals surface area contributed by atoms with Crippen LogP contribution in [-0.2, 0) is 13.9 Å². The van der Waals surface area contributed by atoms with E-state index in [1.807, 2.05) is 18.2 Å². The SMILES string of the molecule is C[Si](C)(C)OC1=C[C@H]2C[C@@H](C1)OC(c1ccccc1)O2. The van der Waals surface area contributed by atoms with Crippen LogP contribution in [0.25, 0.3) is 0 Å². The molecule has 0 spiro atoms. The van der Waals surface area contributed by atoms with Gasteiger partial charge in [-0.2, -0.15) is 0 Å². The van der Waals surface area contributed by atoms with Gasteiger partial charge in [0.05, 0.1) is 18.0 Å². The molecule has 1 heterocycles. The Morgan fingerprint density at radius 3 is 2.50 bits per heavy atom. The van der Waals surface area contributed by atoms with Crippen molar-refractivity contribution in [1.29, 1.82) is 0 Å². The number of fused-ring (bicyclic) bond motifs is 2. The van der Waals surface area contributed by atoms with Crippen molar-refractivity contribution in [3.05, 3.63) is 47.7 Å². The van der Waals surface area contributed by atoms with Gasteiger partial charge >= 0.3 is 0 Å². The predicted molar refractivity (Wildman–Crippen MR) is 80.7 cm³/mol. The zero-order chi connectivity index (χ0) is 14.2. The smallest absolute Gasteiger partial charge is 0.241 e. The summed E-state index contributed by atoms with van der Waals surface area (Å²) in [7, 11) is -1.55. The van der Waals surface area contributed by atoms with E-state index < -0.39 is 8.32 Å². The fraction of sp³-hybridized carbons (Fsp3) is 0.500. The highest BCUT2D eigenvalue weighted by atomic mass is 28.4. The lowest BCUT2D eigenvalue weighted by Crippen LogP contribution is -2.38. The molecule has 4 heteroatoms. The normalized spacial score (nSPS) is 29.8. The van der Waals surface area contributed by atoms with Crippen LogP contribution in [-0.4, -0.2) is 20.5 Å². The van der Waals surface area contributed by atoms with Gasteiger partial charge in [-0.05, 0) is 25.7 Å². The summed E-state index contributed by atoms with van der Waals surface area (Å²) in [5.74, 6) is 1.05. The minimum atomic E-state index is -1.55. The van der Waals surface area contributed by atoms with Crippen LogP contribution in [0.3, 0.4) is 0 Å². The number of ether oxygens (including phenoxy) is 2. The largest absolute Gasteiger partial charge is 0.547 e. The zero-order valence-electron chi connectivity index (χ0n) is 12.3. The molecule has 2 aliphatic rings. The van der Waals surface area contributed by atoms with Crippen LogP contribution in [0, 0.1) is 0 Å². The maximum Gasteiger partial charge on any atom is 0.241 e. The Kier molecular flexibility index (Phi) is 3.71. The molecule has 3 atom stereocenters. The molecule has 20 heavy (non-hydrogen) atoms. The van der Waals surface area contributed by atoms with Crippen molar-refractivity contribution >= 4 is 8.32 Å². The Labute approximate surface area is 121 Å². The van der Waals surface area contributed by atoms with E-state index in [1.165, 1.54) is 0 Å². The molecule has 1 aromatic rings. The third-order valence-corrected chi connectivity index (χ3v) is 4.29. The van der Waals surface area contributed by atoms with Crippen molar-refractivity contribution in [3.63, 3.8) is 0 Å². The highest BCUT2D eigenvalue weighted by Gasteiger charge is 2.35. The van der Waals surface area contributed by atoms with Gasteiger partial charge in [0.1, 0.15) is 0 Å². The zero-order valence-corrected chi connectivity index (χ0v) is 13.3. The molecule has 1 saturated heterocycles. The number of benzene rings is 1. The van der Waals surface area contributed by atoms with Crippen LogP contribution in [0.2, 0.25) is 19.6 Å². The van der Waals surface area contributed by atoms with Crippen LogP contribution in [0.1, 0.15) is 24.7 Å². The van der Waals surface area contributed by atoms with E-state index in [2.05, 4.69) is 37.8 Å². The summed E-state index contributed by atoms with van der Waals surface area (Å²) in [6.07, 6.45) is 4.02. The van der Waals surface area contributed by atoms with E-state index >= 15 is 0 Å². The molecule has 0 radical (unpaired) electrons. The van der Waals surface area contributed by atoms with Gasteiger partial charge < -0.3 is 13.9 Å². The maximum absolute atomic E-state index is 6.10. The molecule has 1 aliphatic carbocycles. The van der Waals surface area contributed by atoms with E-state index in [9.17, 15) is 0 Å². The van der Waals surface area contributed by atoms with Crippen LogP contribution in [0.5, 0.6) is 0 Å². The van der Waals surface area contributed by atoms with Gasteiger partial charge in [0.2, 0.25) is 8.32 Å². The Balaban J connectivity index is 1.72. The molecule has 1 unspecified atom stereocenters. The quantitative estimate of drug-likeness (QED) is 0.788. The lowest BCUT2D eigenvalue weighted by Gasteiger charge is -2.39. The second-order valence-corrected chi connectivity index (χ2v) is 10.9. The summed E-state index contributed by atoms with van der Waals surface area (Å²) >= 11 is 0. The lowest BCUT2D eigenvalue weighted by molar-refractivity contribution is -0.242. The van der Waals surface area contributed by atoms with Crippen molar-refractivity contribution < 1.29 is 13.9 Å². The van der Waals surface area contributed by atoms with Gasteiger partial charge in [-0.25, -0.2) is 0 Å². The van der Waals surface area contributed by atoms with Crippen molar-refractivity contribution in [3.8, 4) is 0 Å². The molecule has 2 bridgehead atoms. The van der Waals surface area contributed by atoms with E-state index in [0.29, 0.717) is 0 Å². The van der Waals surface area contributed by atoms with Crippen LogP contribution in [0.4, 0.5) is 0 Å². The molecule has 3 rings (SSSR count). The first-order valence-electron chi connectivity index (χ1n) is 7.25. The predicted octanol–water partition coefficient (Wildman–Crippen LogP) is 4.00. The Hall–Kier alpha value is -1.10. The summed E-state index contributed by atoms with van der Waals surface area (Å²) in [4.78, 5) is 0. The van der Waals surface area contributed by atoms with Crippen LogP contribution < -0.4 is 0 Å². The molecule has 1 fully saturated rings. The molecular weight excluding hydrogens is 268 g/mol. The minimum absolute atomic E-state index is 0.110. The number of hydrogen-bond donors (Lipinski definition) is 0.